The Morgan fingerprint density at radius 1 is 1.32 bits per heavy atom. The van der Waals surface area contributed by atoms with Gasteiger partial charge in [0.15, 0.2) is 0 Å². The van der Waals surface area contributed by atoms with E-state index in [0.29, 0.717) is 11.8 Å². The molecule has 1 aliphatic rings. The van der Waals surface area contributed by atoms with E-state index in [4.69, 9.17) is 0 Å². The number of amides is 1. The summed E-state index contributed by atoms with van der Waals surface area (Å²) >= 11 is 0. The minimum atomic E-state index is -0.665. The van der Waals surface area contributed by atoms with Crippen molar-refractivity contribution in [3.63, 3.8) is 0 Å². The number of carbonyl (C=O) groups excluding carboxylic acids is 1. The lowest BCUT2D eigenvalue weighted by atomic mass is 9.87. The number of likely N-dealkylation sites (tertiary alicyclic amines) is 1. The van der Waals surface area contributed by atoms with Crippen LogP contribution in [-0.2, 0) is 4.79 Å². The Bertz CT molecular complexity index is 477. The largest absolute Gasteiger partial charge is 0.341 e. The molecule has 0 aliphatic carbocycles. The highest BCUT2D eigenvalue weighted by Crippen LogP contribution is 2.26. The zero-order valence-electron chi connectivity index (χ0n) is 11.5. The van der Waals surface area contributed by atoms with Crippen LogP contribution in [0.2, 0.25) is 0 Å². The lowest BCUT2D eigenvalue weighted by Gasteiger charge is -2.36. The summed E-state index contributed by atoms with van der Waals surface area (Å²) in [5.41, 5.74) is 0.793. The van der Waals surface area contributed by atoms with E-state index in [1.807, 2.05) is 35.2 Å². The molecular weight excluding hydrogens is 236 g/mol. The Labute approximate surface area is 114 Å². The van der Waals surface area contributed by atoms with Crippen LogP contribution >= 0.6 is 0 Å². The van der Waals surface area contributed by atoms with Crippen LogP contribution in [0.5, 0.6) is 0 Å². The highest BCUT2D eigenvalue weighted by molar-refractivity contribution is 5.86. The van der Waals surface area contributed by atoms with Gasteiger partial charge in [0.1, 0.15) is 5.92 Å². The molecule has 1 fully saturated rings. The van der Waals surface area contributed by atoms with Gasteiger partial charge < -0.3 is 4.90 Å². The number of hydrogen-bond acceptors (Lipinski definition) is 2. The molecule has 3 unspecified atom stereocenters. The Morgan fingerprint density at radius 2 is 2.00 bits per heavy atom. The SMILES string of the molecule is CC1CCN(C(=O)C(C#N)c2ccccc2)CC1C. The number of hydrogen-bond donors (Lipinski definition) is 0. The van der Waals surface area contributed by atoms with Gasteiger partial charge in [-0.2, -0.15) is 5.26 Å². The minimum Gasteiger partial charge on any atom is -0.341 e. The number of carbonyl (C=O) groups is 1. The molecule has 0 radical (unpaired) electrons. The van der Waals surface area contributed by atoms with Crippen LogP contribution in [0, 0.1) is 23.2 Å². The second-order valence-electron chi connectivity index (χ2n) is 5.50. The molecule has 3 atom stereocenters. The summed E-state index contributed by atoms with van der Waals surface area (Å²) in [4.78, 5) is 14.3. The average Bonchev–Trinajstić information content (AvgIpc) is 2.44. The molecule has 1 amide bonds. The van der Waals surface area contributed by atoms with Gasteiger partial charge in [-0.05, 0) is 23.8 Å². The molecule has 3 heteroatoms. The molecule has 0 bridgehead atoms. The van der Waals surface area contributed by atoms with Gasteiger partial charge in [-0.1, -0.05) is 44.2 Å². The van der Waals surface area contributed by atoms with Crippen molar-refractivity contribution >= 4 is 5.91 Å². The number of benzene rings is 1. The molecule has 100 valence electrons. The second-order valence-corrected chi connectivity index (χ2v) is 5.50. The molecule has 0 saturated carbocycles. The van der Waals surface area contributed by atoms with E-state index in [1.165, 1.54) is 0 Å². The third-order valence-corrected chi connectivity index (χ3v) is 4.15. The summed E-state index contributed by atoms with van der Waals surface area (Å²) in [6.07, 6.45) is 1.03. The van der Waals surface area contributed by atoms with E-state index in [1.54, 1.807) is 0 Å². The molecule has 19 heavy (non-hydrogen) atoms. The maximum atomic E-state index is 12.5. The van der Waals surface area contributed by atoms with Gasteiger partial charge in [-0.25, -0.2) is 0 Å². The first-order valence-corrected chi connectivity index (χ1v) is 6.87. The summed E-state index contributed by atoms with van der Waals surface area (Å²) in [7, 11) is 0. The smallest absolute Gasteiger partial charge is 0.244 e. The van der Waals surface area contributed by atoms with Crippen molar-refractivity contribution in [3.05, 3.63) is 35.9 Å². The van der Waals surface area contributed by atoms with E-state index in [2.05, 4.69) is 19.9 Å². The summed E-state index contributed by atoms with van der Waals surface area (Å²) in [6.45, 7) is 5.94. The molecule has 1 saturated heterocycles. The maximum Gasteiger partial charge on any atom is 0.244 e. The summed E-state index contributed by atoms with van der Waals surface area (Å²) in [6, 6.07) is 11.5. The van der Waals surface area contributed by atoms with E-state index in [0.717, 1.165) is 25.1 Å². The Morgan fingerprint density at radius 3 is 2.58 bits per heavy atom. The Kier molecular flexibility index (Phi) is 4.21. The lowest BCUT2D eigenvalue weighted by molar-refractivity contribution is -0.133. The quantitative estimate of drug-likeness (QED) is 0.816. The van der Waals surface area contributed by atoms with Crippen molar-refractivity contribution < 1.29 is 4.79 Å². The third-order valence-electron chi connectivity index (χ3n) is 4.15. The van der Waals surface area contributed by atoms with Crippen molar-refractivity contribution in [2.45, 2.75) is 26.2 Å². The molecule has 1 heterocycles. The second kappa shape index (κ2) is 5.88. The van der Waals surface area contributed by atoms with Crippen LogP contribution in [0.1, 0.15) is 31.7 Å². The third kappa shape index (κ3) is 2.96. The molecule has 3 nitrogen and oxygen atoms in total. The van der Waals surface area contributed by atoms with Gasteiger partial charge in [0.05, 0.1) is 6.07 Å². The van der Waals surface area contributed by atoms with Gasteiger partial charge in [0, 0.05) is 13.1 Å². The van der Waals surface area contributed by atoms with Crippen LogP contribution in [0.15, 0.2) is 30.3 Å². The first-order valence-electron chi connectivity index (χ1n) is 6.87. The summed E-state index contributed by atoms with van der Waals surface area (Å²) < 4.78 is 0. The van der Waals surface area contributed by atoms with E-state index in [9.17, 15) is 10.1 Å². The van der Waals surface area contributed by atoms with Crippen LogP contribution in [-0.4, -0.2) is 23.9 Å². The van der Waals surface area contributed by atoms with Gasteiger partial charge in [-0.3, -0.25) is 4.79 Å². The normalized spacial score (nSPS) is 24.6. The van der Waals surface area contributed by atoms with E-state index < -0.39 is 5.92 Å². The number of nitriles is 1. The summed E-state index contributed by atoms with van der Waals surface area (Å²) in [5.74, 6) is 0.448. The van der Waals surface area contributed by atoms with Gasteiger partial charge in [0.25, 0.3) is 0 Å². The van der Waals surface area contributed by atoms with Crippen LogP contribution < -0.4 is 0 Å². The first kappa shape index (κ1) is 13.6. The molecule has 0 aromatic heterocycles. The molecule has 1 aliphatic heterocycles. The van der Waals surface area contributed by atoms with Gasteiger partial charge in [0.2, 0.25) is 5.91 Å². The zero-order valence-corrected chi connectivity index (χ0v) is 11.5. The van der Waals surface area contributed by atoms with Crippen molar-refractivity contribution in [1.29, 1.82) is 5.26 Å². The maximum absolute atomic E-state index is 12.5. The predicted molar refractivity (Wildman–Crippen MR) is 74.3 cm³/mol. The first-order chi connectivity index (χ1) is 9.13. The van der Waals surface area contributed by atoms with Crippen LogP contribution in [0.3, 0.4) is 0 Å². The monoisotopic (exact) mass is 256 g/mol. The topological polar surface area (TPSA) is 44.1 Å². The molecule has 2 rings (SSSR count). The van der Waals surface area contributed by atoms with E-state index in [-0.39, 0.29) is 5.91 Å². The van der Waals surface area contributed by atoms with Gasteiger partial charge >= 0.3 is 0 Å². The molecule has 0 N–H and O–H groups in total. The van der Waals surface area contributed by atoms with Crippen LogP contribution in [0.25, 0.3) is 0 Å². The fourth-order valence-electron chi connectivity index (χ4n) is 2.56. The number of piperidine rings is 1. The van der Waals surface area contributed by atoms with Crippen LogP contribution in [0.4, 0.5) is 0 Å². The van der Waals surface area contributed by atoms with Gasteiger partial charge in [-0.15, -0.1) is 0 Å². The van der Waals surface area contributed by atoms with Crippen molar-refractivity contribution in [2.24, 2.45) is 11.8 Å². The fraction of sp³-hybridized carbons (Fsp3) is 0.500. The zero-order chi connectivity index (χ0) is 13.8. The number of rotatable bonds is 2. The molecule has 1 aromatic carbocycles. The van der Waals surface area contributed by atoms with E-state index >= 15 is 0 Å². The Hall–Kier alpha value is -1.82. The Balaban J connectivity index is 2.12. The molecule has 0 spiro atoms. The van der Waals surface area contributed by atoms with Crippen molar-refractivity contribution in [3.8, 4) is 6.07 Å². The molecular formula is C16H20N2O. The molecule has 1 aromatic rings. The minimum absolute atomic E-state index is 0.0487. The lowest BCUT2D eigenvalue weighted by Crippen LogP contribution is -2.44. The predicted octanol–water partition coefficient (Wildman–Crippen LogP) is 2.80. The number of nitrogens with zero attached hydrogens (tertiary/aromatic N) is 2. The standard InChI is InChI=1S/C16H20N2O/c1-12-8-9-18(11-13(12)2)16(19)15(10-17)14-6-4-3-5-7-14/h3-7,12-13,15H,8-9,11H2,1-2H3. The van der Waals surface area contributed by atoms with Crippen molar-refractivity contribution in [2.75, 3.05) is 13.1 Å². The fourth-order valence-corrected chi connectivity index (χ4v) is 2.56. The highest BCUT2D eigenvalue weighted by Gasteiger charge is 2.30. The van der Waals surface area contributed by atoms with Crippen molar-refractivity contribution in [1.82, 2.24) is 4.90 Å². The highest BCUT2D eigenvalue weighted by atomic mass is 16.2. The summed E-state index contributed by atoms with van der Waals surface area (Å²) in [5, 5.41) is 9.30. The average molecular weight is 256 g/mol.